The Morgan fingerprint density at radius 3 is 2.40 bits per heavy atom. The summed E-state index contributed by atoms with van der Waals surface area (Å²) in [7, 11) is 0. The van der Waals surface area contributed by atoms with Crippen molar-refractivity contribution in [2.45, 2.75) is 20.1 Å². The highest BCUT2D eigenvalue weighted by Gasteiger charge is 2.09. The van der Waals surface area contributed by atoms with E-state index in [2.05, 4.69) is 15.9 Å². The van der Waals surface area contributed by atoms with Crippen LogP contribution in [0.5, 0.6) is 5.75 Å². The van der Waals surface area contributed by atoms with Crippen LogP contribution in [0.2, 0.25) is 0 Å². The van der Waals surface area contributed by atoms with E-state index in [4.69, 9.17) is 9.84 Å². The van der Waals surface area contributed by atoms with E-state index < -0.39 is 0 Å². The van der Waals surface area contributed by atoms with Crippen LogP contribution in [0.15, 0.2) is 46.9 Å². The summed E-state index contributed by atoms with van der Waals surface area (Å²) in [5, 5.41) is 8.99. The summed E-state index contributed by atoms with van der Waals surface area (Å²) in [5.41, 5.74) is 2.41. The number of hydrogen-bond acceptors (Lipinski definition) is 3. The predicted octanol–water partition coefficient (Wildman–Crippen LogP) is 3.72. The number of carbonyl (C=O) groups excluding carboxylic acids is 1. The predicted molar refractivity (Wildman–Crippen MR) is 80.8 cm³/mol. The molecule has 0 aliphatic heterocycles. The maximum absolute atomic E-state index is 11.6. The zero-order chi connectivity index (χ0) is 14.5. The van der Waals surface area contributed by atoms with Gasteiger partial charge in [-0.05, 0) is 36.2 Å². The van der Waals surface area contributed by atoms with Gasteiger partial charge in [-0.25, -0.2) is 0 Å². The highest BCUT2D eigenvalue weighted by molar-refractivity contribution is 9.10. The largest absolute Gasteiger partial charge is 0.488 e. The van der Waals surface area contributed by atoms with Crippen LogP contribution in [0.4, 0.5) is 0 Å². The molecule has 104 valence electrons. The fourth-order valence-electron chi connectivity index (χ4n) is 1.81. The topological polar surface area (TPSA) is 46.5 Å². The fraction of sp³-hybridized carbons (Fsp3) is 0.188. The molecule has 0 radical (unpaired) electrons. The second kappa shape index (κ2) is 6.68. The molecule has 0 fully saturated rings. The first kappa shape index (κ1) is 14.8. The third-order valence-electron chi connectivity index (χ3n) is 2.92. The van der Waals surface area contributed by atoms with E-state index in [0.29, 0.717) is 17.9 Å². The number of halogens is 1. The maximum Gasteiger partial charge on any atom is 0.163 e. The molecule has 1 N–H and O–H groups in total. The first-order valence-corrected chi connectivity index (χ1v) is 7.01. The third kappa shape index (κ3) is 3.68. The Balaban J connectivity index is 2.12. The molecule has 2 rings (SSSR count). The molecule has 0 saturated carbocycles. The van der Waals surface area contributed by atoms with Gasteiger partial charge in [-0.2, -0.15) is 0 Å². The molecule has 0 amide bonds. The smallest absolute Gasteiger partial charge is 0.163 e. The van der Waals surface area contributed by atoms with Crippen molar-refractivity contribution < 1.29 is 14.6 Å². The lowest BCUT2D eigenvalue weighted by Gasteiger charge is -2.10. The molecule has 3 nitrogen and oxygen atoms in total. The Labute approximate surface area is 126 Å². The van der Waals surface area contributed by atoms with Crippen LogP contribution < -0.4 is 4.74 Å². The maximum atomic E-state index is 11.6. The normalized spacial score (nSPS) is 10.3. The highest BCUT2D eigenvalue weighted by Crippen LogP contribution is 2.24. The van der Waals surface area contributed by atoms with Crippen molar-refractivity contribution in [1.82, 2.24) is 0 Å². The Kier molecular flexibility index (Phi) is 4.93. The molecule has 2 aromatic rings. The Hall–Kier alpha value is -1.65. The molecule has 4 heteroatoms. The number of carbonyl (C=O) groups is 1. The number of rotatable bonds is 5. The van der Waals surface area contributed by atoms with Gasteiger partial charge in [0, 0.05) is 4.47 Å². The summed E-state index contributed by atoms with van der Waals surface area (Å²) in [6.45, 7) is 1.93. The summed E-state index contributed by atoms with van der Waals surface area (Å²) < 4.78 is 6.56. The average Bonchev–Trinajstić information content (AvgIpc) is 2.46. The lowest BCUT2D eigenvalue weighted by Crippen LogP contribution is -2.01. The van der Waals surface area contributed by atoms with Gasteiger partial charge in [-0.3, -0.25) is 4.79 Å². The number of Topliss-reactive ketones (excluding diaryl/α,β-unsaturated/α-hetero) is 1. The van der Waals surface area contributed by atoms with Gasteiger partial charge in [0.2, 0.25) is 0 Å². The quantitative estimate of drug-likeness (QED) is 0.847. The van der Waals surface area contributed by atoms with Crippen molar-refractivity contribution in [3.63, 3.8) is 0 Å². The van der Waals surface area contributed by atoms with Crippen molar-refractivity contribution in [3.8, 4) is 5.75 Å². The summed E-state index contributed by atoms with van der Waals surface area (Å²) >= 11 is 3.35. The minimum atomic E-state index is -0.0306. The SMILES string of the molecule is CC(=O)c1cc(Br)ccc1OCc1ccc(CO)cc1. The molecule has 2 aromatic carbocycles. The number of aliphatic hydroxyl groups is 1. The van der Waals surface area contributed by atoms with Gasteiger partial charge in [0.05, 0.1) is 12.2 Å². The van der Waals surface area contributed by atoms with Crippen molar-refractivity contribution in [3.05, 3.63) is 63.6 Å². The van der Waals surface area contributed by atoms with Crippen molar-refractivity contribution in [1.29, 1.82) is 0 Å². The van der Waals surface area contributed by atoms with Gasteiger partial charge in [-0.1, -0.05) is 40.2 Å². The molecule has 0 aliphatic carbocycles. The standard InChI is InChI=1S/C16H15BrO3/c1-11(19)15-8-14(17)6-7-16(15)20-10-13-4-2-12(9-18)3-5-13/h2-8,18H,9-10H2,1H3. The van der Waals surface area contributed by atoms with Crippen LogP contribution in [0.25, 0.3) is 0 Å². The number of aliphatic hydroxyl groups excluding tert-OH is 1. The van der Waals surface area contributed by atoms with E-state index in [9.17, 15) is 4.79 Å². The van der Waals surface area contributed by atoms with Crippen molar-refractivity contribution in [2.75, 3.05) is 0 Å². The molecule has 0 heterocycles. The van der Waals surface area contributed by atoms with E-state index in [1.165, 1.54) is 6.92 Å². The van der Waals surface area contributed by atoms with Crippen LogP contribution >= 0.6 is 15.9 Å². The van der Waals surface area contributed by atoms with Gasteiger partial charge in [0.25, 0.3) is 0 Å². The van der Waals surface area contributed by atoms with E-state index in [1.807, 2.05) is 30.3 Å². The van der Waals surface area contributed by atoms with E-state index in [1.54, 1.807) is 12.1 Å². The Morgan fingerprint density at radius 1 is 1.15 bits per heavy atom. The van der Waals surface area contributed by atoms with Crippen molar-refractivity contribution in [2.24, 2.45) is 0 Å². The van der Waals surface area contributed by atoms with Crippen LogP contribution in [0, 0.1) is 0 Å². The Morgan fingerprint density at radius 2 is 1.80 bits per heavy atom. The second-order valence-electron chi connectivity index (χ2n) is 4.46. The summed E-state index contributed by atoms with van der Waals surface area (Å²) in [5.74, 6) is 0.545. The van der Waals surface area contributed by atoms with Gasteiger partial charge in [0.15, 0.2) is 5.78 Å². The molecule has 0 unspecified atom stereocenters. The lowest BCUT2D eigenvalue weighted by atomic mass is 10.1. The number of benzene rings is 2. The lowest BCUT2D eigenvalue weighted by molar-refractivity contribution is 0.101. The highest BCUT2D eigenvalue weighted by atomic mass is 79.9. The van der Waals surface area contributed by atoms with Crippen LogP contribution in [-0.2, 0) is 13.2 Å². The minimum absolute atomic E-state index is 0.0301. The van der Waals surface area contributed by atoms with Gasteiger partial charge >= 0.3 is 0 Å². The first-order chi connectivity index (χ1) is 9.60. The van der Waals surface area contributed by atoms with E-state index in [-0.39, 0.29) is 12.4 Å². The zero-order valence-corrected chi connectivity index (χ0v) is 12.7. The van der Waals surface area contributed by atoms with E-state index >= 15 is 0 Å². The third-order valence-corrected chi connectivity index (χ3v) is 3.41. The van der Waals surface area contributed by atoms with Crippen LogP contribution in [-0.4, -0.2) is 10.9 Å². The molecule has 0 aromatic heterocycles. The van der Waals surface area contributed by atoms with Gasteiger partial charge in [-0.15, -0.1) is 0 Å². The Bertz CT molecular complexity index is 606. The van der Waals surface area contributed by atoms with Crippen LogP contribution in [0.3, 0.4) is 0 Å². The zero-order valence-electron chi connectivity index (χ0n) is 11.1. The molecule has 0 bridgehead atoms. The fourth-order valence-corrected chi connectivity index (χ4v) is 2.17. The molecular weight excluding hydrogens is 320 g/mol. The number of ether oxygens (including phenoxy) is 1. The number of ketones is 1. The summed E-state index contributed by atoms with van der Waals surface area (Å²) in [6.07, 6.45) is 0. The summed E-state index contributed by atoms with van der Waals surface area (Å²) in [4.78, 5) is 11.6. The second-order valence-corrected chi connectivity index (χ2v) is 5.38. The summed E-state index contributed by atoms with van der Waals surface area (Å²) in [6, 6.07) is 12.9. The monoisotopic (exact) mass is 334 g/mol. The minimum Gasteiger partial charge on any atom is -0.488 e. The van der Waals surface area contributed by atoms with E-state index in [0.717, 1.165) is 15.6 Å². The van der Waals surface area contributed by atoms with Gasteiger partial charge < -0.3 is 9.84 Å². The van der Waals surface area contributed by atoms with Gasteiger partial charge in [0.1, 0.15) is 12.4 Å². The number of hydrogen-bond donors (Lipinski definition) is 1. The average molecular weight is 335 g/mol. The van der Waals surface area contributed by atoms with Crippen molar-refractivity contribution >= 4 is 21.7 Å². The molecule has 0 atom stereocenters. The van der Waals surface area contributed by atoms with Crippen LogP contribution in [0.1, 0.15) is 28.4 Å². The molecule has 0 spiro atoms. The molecular formula is C16H15BrO3. The molecule has 20 heavy (non-hydrogen) atoms. The molecule has 0 saturated heterocycles. The molecule has 0 aliphatic rings. The first-order valence-electron chi connectivity index (χ1n) is 6.22.